The predicted octanol–water partition coefficient (Wildman–Crippen LogP) is 4.61. The van der Waals surface area contributed by atoms with Crippen molar-refractivity contribution in [3.8, 4) is 0 Å². The van der Waals surface area contributed by atoms with Crippen LogP contribution in [-0.4, -0.2) is 26.4 Å². The minimum Gasteiger partial charge on any atom is -0.490 e. The molecule has 7 heteroatoms. The normalized spacial score (nSPS) is 17.3. The molecule has 0 radical (unpaired) electrons. The van der Waals surface area contributed by atoms with E-state index in [1.807, 2.05) is 41.8 Å². The molecule has 1 unspecified atom stereocenters. The number of nitrogens with zero attached hydrogens (tertiary/aromatic N) is 3. The monoisotopic (exact) mass is 457 g/mol. The van der Waals surface area contributed by atoms with Crippen LogP contribution in [0.25, 0.3) is 11.1 Å². The Morgan fingerprint density at radius 2 is 2.09 bits per heavy atom. The minimum absolute atomic E-state index is 0.0850. The van der Waals surface area contributed by atoms with Crippen LogP contribution >= 0.6 is 0 Å². The fourth-order valence-electron chi connectivity index (χ4n) is 3.87. The number of ether oxygens (including phenoxy) is 1. The second kappa shape index (κ2) is 11.7. The number of rotatable bonds is 10. The molecule has 0 saturated heterocycles. The highest BCUT2D eigenvalue weighted by atomic mass is 16.5. The maximum absolute atomic E-state index is 11.5. The molecule has 0 spiro atoms. The van der Waals surface area contributed by atoms with Crippen molar-refractivity contribution in [2.24, 2.45) is 5.73 Å². The van der Waals surface area contributed by atoms with E-state index >= 15 is 0 Å². The van der Waals surface area contributed by atoms with Gasteiger partial charge in [-0.05, 0) is 37.5 Å². The summed E-state index contributed by atoms with van der Waals surface area (Å²) in [5, 5.41) is 0. The van der Waals surface area contributed by atoms with Crippen LogP contribution in [0.3, 0.4) is 0 Å². The Balaban J connectivity index is 1.86. The van der Waals surface area contributed by atoms with E-state index in [0.29, 0.717) is 17.8 Å². The highest BCUT2D eigenvalue weighted by molar-refractivity contribution is 5.95. The third kappa shape index (κ3) is 5.81. The van der Waals surface area contributed by atoms with Crippen LogP contribution in [0.15, 0.2) is 91.6 Å². The lowest BCUT2D eigenvalue weighted by Crippen LogP contribution is -2.15. The molecule has 0 aliphatic heterocycles. The third-order valence-electron chi connectivity index (χ3n) is 5.42. The highest BCUT2D eigenvalue weighted by Crippen LogP contribution is 2.33. The molecular formula is C27H31N5O2. The summed E-state index contributed by atoms with van der Waals surface area (Å²) >= 11 is 0. The number of nitrogen functional groups attached to an aromatic ring is 1. The van der Waals surface area contributed by atoms with Crippen molar-refractivity contribution in [2.45, 2.75) is 38.7 Å². The first-order valence-corrected chi connectivity index (χ1v) is 11.2. The largest absolute Gasteiger partial charge is 0.490 e. The van der Waals surface area contributed by atoms with Crippen LogP contribution in [0, 0.1) is 0 Å². The molecule has 0 bridgehead atoms. The SMILES string of the molecule is C=C/C=C(\C=C/C)OC1CC=C(c2nc(C/C=C\C(=C/C=C)C(N)=O)n3ccnc(N)c23)CC1. The molecule has 4 N–H and O–H groups in total. The van der Waals surface area contributed by atoms with Gasteiger partial charge in [0.15, 0.2) is 0 Å². The molecule has 1 atom stereocenters. The Bertz CT molecular complexity index is 1230. The molecule has 3 rings (SSSR count). The minimum atomic E-state index is -0.511. The summed E-state index contributed by atoms with van der Waals surface area (Å²) in [5.41, 5.74) is 14.8. The Kier molecular flexibility index (Phi) is 8.40. The number of carbonyl (C=O) groups is 1. The van der Waals surface area contributed by atoms with E-state index in [4.69, 9.17) is 21.2 Å². The summed E-state index contributed by atoms with van der Waals surface area (Å²) in [6.07, 6.45) is 22.8. The smallest absolute Gasteiger partial charge is 0.248 e. The number of nitrogens with two attached hydrogens (primary N) is 2. The van der Waals surface area contributed by atoms with Gasteiger partial charge in [-0.15, -0.1) is 0 Å². The molecule has 0 saturated carbocycles. The maximum Gasteiger partial charge on any atom is 0.248 e. The van der Waals surface area contributed by atoms with Crippen LogP contribution in [0.2, 0.25) is 0 Å². The predicted molar refractivity (Wildman–Crippen MR) is 138 cm³/mol. The van der Waals surface area contributed by atoms with Gasteiger partial charge in [0.05, 0.1) is 5.69 Å². The number of hydrogen-bond donors (Lipinski definition) is 2. The number of imidazole rings is 1. The molecule has 2 aromatic heterocycles. The van der Waals surface area contributed by atoms with Gasteiger partial charge < -0.3 is 16.2 Å². The molecule has 1 aliphatic rings. The zero-order chi connectivity index (χ0) is 24.5. The van der Waals surface area contributed by atoms with E-state index in [1.54, 1.807) is 24.4 Å². The number of allylic oxidation sites excluding steroid dienone is 8. The number of fused-ring (bicyclic) bond motifs is 1. The average molecular weight is 458 g/mol. The van der Waals surface area contributed by atoms with Gasteiger partial charge in [0.25, 0.3) is 0 Å². The summed E-state index contributed by atoms with van der Waals surface area (Å²) in [7, 11) is 0. The second-order valence-corrected chi connectivity index (χ2v) is 7.78. The molecule has 0 aromatic carbocycles. The van der Waals surface area contributed by atoms with Gasteiger partial charge in [-0.3, -0.25) is 9.20 Å². The van der Waals surface area contributed by atoms with Crippen molar-refractivity contribution in [3.05, 3.63) is 103 Å². The molecule has 1 amide bonds. The number of anilines is 1. The topological polar surface area (TPSA) is 109 Å². The Labute approximate surface area is 200 Å². The van der Waals surface area contributed by atoms with Crippen molar-refractivity contribution in [1.82, 2.24) is 14.4 Å². The highest BCUT2D eigenvalue weighted by Gasteiger charge is 2.22. The van der Waals surface area contributed by atoms with Crippen molar-refractivity contribution in [3.63, 3.8) is 0 Å². The maximum atomic E-state index is 11.5. The number of carbonyl (C=O) groups excluding carboxylic acids is 1. The summed E-state index contributed by atoms with van der Waals surface area (Å²) in [6, 6.07) is 0. The quantitative estimate of drug-likeness (QED) is 0.308. The van der Waals surface area contributed by atoms with Gasteiger partial charge in [0.1, 0.15) is 29.0 Å². The number of amides is 1. The Morgan fingerprint density at radius 1 is 1.29 bits per heavy atom. The van der Waals surface area contributed by atoms with Crippen LogP contribution < -0.4 is 11.5 Å². The first kappa shape index (κ1) is 24.5. The zero-order valence-electron chi connectivity index (χ0n) is 19.5. The zero-order valence-corrected chi connectivity index (χ0v) is 19.5. The second-order valence-electron chi connectivity index (χ2n) is 7.78. The summed E-state index contributed by atoms with van der Waals surface area (Å²) in [5.74, 6) is 1.51. The van der Waals surface area contributed by atoms with Gasteiger partial charge in [0, 0.05) is 30.8 Å². The van der Waals surface area contributed by atoms with Crippen LogP contribution in [0.4, 0.5) is 5.82 Å². The van der Waals surface area contributed by atoms with E-state index in [0.717, 1.165) is 47.6 Å². The molecule has 2 aromatic rings. The van der Waals surface area contributed by atoms with Gasteiger partial charge in [-0.1, -0.05) is 55.7 Å². The fourth-order valence-corrected chi connectivity index (χ4v) is 3.87. The molecule has 7 nitrogen and oxygen atoms in total. The van der Waals surface area contributed by atoms with Crippen LogP contribution in [0.1, 0.15) is 37.7 Å². The van der Waals surface area contributed by atoms with E-state index in [-0.39, 0.29) is 6.10 Å². The van der Waals surface area contributed by atoms with Gasteiger partial charge in [-0.2, -0.15) is 0 Å². The lowest BCUT2D eigenvalue weighted by molar-refractivity contribution is -0.114. The Hall–Kier alpha value is -4.13. The standard InChI is InChI=1S/C27H31N5O2/c1-4-8-20(27(29)33)11-7-12-23-31-24(25-26(28)30-17-18-32(23)25)19-13-15-22(16-14-19)34-21(9-5-2)10-6-3/h4-11,13,17-18,22H,1-2,12,14-16H2,3H3,(H2,28,30)(H2,29,33)/b10-6-,11-7-,20-8+,21-9+. The van der Waals surface area contributed by atoms with Crippen LogP contribution in [0.5, 0.6) is 0 Å². The number of aromatic nitrogens is 3. The number of hydrogen-bond acceptors (Lipinski definition) is 5. The van der Waals surface area contributed by atoms with E-state index in [9.17, 15) is 4.79 Å². The average Bonchev–Trinajstić information content (AvgIpc) is 3.19. The molecule has 176 valence electrons. The molecular weight excluding hydrogens is 426 g/mol. The lowest BCUT2D eigenvalue weighted by atomic mass is 9.94. The van der Waals surface area contributed by atoms with Crippen molar-refractivity contribution < 1.29 is 9.53 Å². The van der Waals surface area contributed by atoms with Gasteiger partial charge in [0.2, 0.25) is 5.91 Å². The lowest BCUT2D eigenvalue weighted by Gasteiger charge is -2.23. The molecule has 0 fully saturated rings. The number of primary amides is 1. The van der Waals surface area contributed by atoms with Gasteiger partial charge >= 0.3 is 0 Å². The summed E-state index contributed by atoms with van der Waals surface area (Å²) < 4.78 is 8.07. The van der Waals surface area contributed by atoms with E-state index < -0.39 is 5.91 Å². The summed E-state index contributed by atoms with van der Waals surface area (Å²) in [6.45, 7) is 9.32. The first-order valence-electron chi connectivity index (χ1n) is 11.2. The summed E-state index contributed by atoms with van der Waals surface area (Å²) in [4.78, 5) is 20.7. The third-order valence-corrected chi connectivity index (χ3v) is 5.42. The van der Waals surface area contributed by atoms with Crippen molar-refractivity contribution in [2.75, 3.05) is 5.73 Å². The van der Waals surface area contributed by atoms with E-state index in [1.165, 1.54) is 6.08 Å². The molecule has 1 aliphatic carbocycles. The fraction of sp³-hybridized carbons (Fsp3) is 0.222. The van der Waals surface area contributed by atoms with Crippen LogP contribution in [-0.2, 0) is 16.0 Å². The molecule has 2 heterocycles. The van der Waals surface area contributed by atoms with E-state index in [2.05, 4.69) is 24.2 Å². The molecule has 34 heavy (non-hydrogen) atoms. The Morgan fingerprint density at radius 3 is 2.74 bits per heavy atom. The van der Waals surface area contributed by atoms with Gasteiger partial charge in [-0.25, -0.2) is 9.97 Å². The van der Waals surface area contributed by atoms with Crippen molar-refractivity contribution in [1.29, 1.82) is 0 Å². The van der Waals surface area contributed by atoms with Crippen molar-refractivity contribution >= 4 is 22.8 Å². The first-order chi connectivity index (χ1) is 16.5.